The number of nitrogens with zero attached hydrogens (tertiary/aromatic N) is 2. The number of ether oxygens (including phenoxy) is 2. The van der Waals surface area contributed by atoms with E-state index in [2.05, 4.69) is 24.5 Å². The van der Waals surface area contributed by atoms with Crippen molar-refractivity contribution in [3.8, 4) is 17.1 Å². The Kier molecular flexibility index (Phi) is 10.0. The van der Waals surface area contributed by atoms with Gasteiger partial charge in [0.1, 0.15) is 12.4 Å². The van der Waals surface area contributed by atoms with E-state index in [1.807, 2.05) is 0 Å². The maximum atomic E-state index is 13.7. The molecule has 13 nitrogen and oxygen atoms in total. The number of hydroxylamine groups is 1. The zero-order chi connectivity index (χ0) is 33.0. The zero-order valence-corrected chi connectivity index (χ0v) is 26.4. The molecule has 2 aromatic heterocycles. The van der Waals surface area contributed by atoms with E-state index in [0.29, 0.717) is 48.6 Å². The molecule has 0 aliphatic carbocycles. The van der Waals surface area contributed by atoms with Crippen LogP contribution in [0, 0.1) is 0 Å². The lowest BCUT2D eigenvalue weighted by Gasteiger charge is -2.31. The van der Waals surface area contributed by atoms with Gasteiger partial charge in [0.25, 0.3) is 5.56 Å². The van der Waals surface area contributed by atoms with Crippen LogP contribution in [0.3, 0.4) is 0 Å². The maximum absolute atomic E-state index is 13.7. The van der Waals surface area contributed by atoms with Crippen molar-refractivity contribution >= 4 is 28.9 Å². The summed E-state index contributed by atoms with van der Waals surface area (Å²) in [7, 11) is 0. The molecular weight excluding hydrogens is 594 g/mol. The van der Waals surface area contributed by atoms with E-state index >= 15 is 0 Å². The lowest BCUT2D eigenvalue weighted by molar-refractivity contribution is -0.172. The summed E-state index contributed by atoms with van der Waals surface area (Å²) >= 11 is 0. The quantitative estimate of drug-likeness (QED) is 0.0634. The molecule has 3 aromatic rings. The van der Waals surface area contributed by atoms with Gasteiger partial charge >= 0.3 is 12.1 Å². The minimum atomic E-state index is -1.91. The van der Waals surface area contributed by atoms with Crippen LogP contribution in [-0.4, -0.2) is 57.0 Å². The number of aromatic nitrogens is 2. The molecule has 246 valence electrons. The Hall–Kier alpha value is -4.33. The Morgan fingerprint density at radius 3 is 2.63 bits per heavy atom. The van der Waals surface area contributed by atoms with Crippen LogP contribution < -0.4 is 26.4 Å². The summed E-state index contributed by atoms with van der Waals surface area (Å²) in [6, 6.07) is 7.20. The molecule has 0 radical (unpaired) electrons. The van der Waals surface area contributed by atoms with Gasteiger partial charge in [-0.25, -0.2) is 20.1 Å². The number of cyclic esters (lactones) is 1. The first-order valence-electron chi connectivity index (χ1n) is 15.8. The number of nitrogens with one attached hydrogen (secondary N) is 3. The summed E-state index contributed by atoms with van der Waals surface area (Å²) in [5.74, 6) is -0.823. The van der Waals surface area contributed by atoms with Crippen LogP contribution in [0.2, 0.25) is 0 Å². The van der Waals surface area contributed by atoms with Gasteiger partial charge in [-0.3, -0.25) is 14.8 Å². The molecule has 0 saturated carbocycles. The molecule has 1 aromatic carbocycles. The second-order valence-corrected chi connectivity index (χ2v) is 12.1. The van der Waals surface area contributed by atoms with Crippen LogP contribution in [0.25, 0.3) is 22.3 Å². The van der Waals surface area contributed by atoms with Crippen molar-refractivity contribution in [1.29, 1.82) is 0 Å². The monoisotopic (exact) mass is 635 g/mol. The molecule has 13 heteroatoms. The molecule has 1 atom stereocenters. The second-order valence-electron chi connectivity index (χ2n) is 12.1. The number of hydrogen-bond donors (Lipinski definition) is 5. The van der Waals surface area contributed by atoms with Gasteiger partial charge in [0.2, 0.25) is 5.91 Å². The molecule has 46 heavy (non-hydrogen) atoms. The van der Waals surface area contributed by atoms with Crippen LogP contribution in [0.1, 0.15) is 81.5 Å². The Morgan fingerprint density at radius 2 is 1.89 bits per heavy atom. The molecule has 0 saturated heterocycles. The second kappa shape index (κ2) is 14.0. The van der Waals surface area contributed by atoms with Gasteiger partial charge in [0.15, 0.2) is 5.60 Å². The molecular formula is C33H41N5O8. The summed E-state index contributed by atoms with van der Waals surface area (Å²) in [5, 5.41) is 26.8. The fraction of sp³-hybridized carbons (Fsp3) is 0.485. The molecule has 0 unspecified atom stereocenters. The molecule has 0 spiro atoms. The standard InChI is InChI=1S/C33H41N5O8/c1-4-33(43)25-16-27-29-23(17-38(27)30(40)24(25)18-45-31(33)41)21(12-14-34-19(2)3)22-15-20(10-11-26(22)36-29)46-32(42)35-13-8-6-5-7-9-28(39)37-44/h10-11,15-16,19,34,43-44H,4-9,12-14,17-18H2,1-3H3,(H,35,42)(H,37,39)/t33-/m0/s1. The summed E-state index contributed by atoms with van der Waals surface area (Å²) in [6.07, 6.45) is 3.34. The van der Waals surface area contributed by atoms with E-state index in [0.717, 1.165) is 35.8 Å². The van der Waals surface area contributed by atoms with Gasteiger partial charge in [-0.05, 0) is 62.1 Å². The van der Waals surface area contributed by atoms with Crippen LogP contribution in [0.5, 0.6) is 5.75 Å². The number of carbonyl (C=O) groups excluding carboxylic acids is 3. The average Bonchev–Trinajstić information content (AvgIpc) is 3.40. The smallest absolute Gasteiger partial charge is 0.412 e. The van der Waals surface area contributed by atoms with E-state index in [1.165, 1.54) is 0 Å². The van der Waals surface area contributed by atoms with Crippen LogP contribution in [0.15, 0.2) is 29.1 Å². The first-order chi connectivity index (χ1) is 22.1. The van der Waals surface area contributed by atoms with Crippen LogP contribution in [0.4, 0.5) is 4.79 Å². The van der Waals surface area contributed by atoms with Gasteiger partial charge in [-0.2, -0.15) is 0 Å². The lowest BCUT2D eigenvalue weighted by Crippen LogP contribution is -2.44. The first kappa shape index (κ1) is 33.0. The summed E-state index contributed by atoms with van der Waals surface area (Å²) in [6.45, 7) is 6.95. The van der Waals surface area contributed by atoms with Gasteiger partial charge < -0.3 is 29.8 Å². The molecule has 0 bridgehead atoms. The third-order valence-electron chi connectivity index (χ3n) is 8.64. The largest absolute Gasteiger partial charge is 0.458 e. The topological polar surface area (TPSA) is 181 Å². The molecule has 2 aliphatic heterocycles. The van der Waals surface area contributed by atoms with Crippen molar-refractivity contribution in [2.24, 2.45) is 0 Å². The molecule has 2 aliphatic rings. The molecule has 5 N–H and O–H groups in total. The molecule has 2 amide bonds. The van der Waals surface area contributed by atoms with E-state index < -0.39 is 23.6 Å². The van der Waals surface area contributed by atoms with Gasteiger partial charge in [0.05, 0.1) is 29.0 Å². The van der Waals surface area contributed by atoms with E-state index in [4.69, 9.17) is 19.7 Å². The third kappa shape index (κ3) is 6.62. The summed E-state index contributed by atoms with van der Waals surface area (Å²) < 4.78 is 12.4. The van der Waals surface area contributed by atoms with Crippen molar-refractivity contribution in [3.05, 3.63) is 56.9 Å². The highest BCUT2D eigenvalue weighted by molar-refractivity contribution is 5.90. The highest BCUT2D eigenvalue weighted by atomic mass is 16.6. The predicted octanol–water partition coefficient (Wildman–Crippen LogP) is 3.16. The number of esters is 1. The Morgan fingerprint density at radius 1 is 1.11 bits per heavy atom. The Bertz CT molecular complexity index is 1720. The molecule has 5 rings (SSSR count). The number of carbonyl (C=O) groups is 3. The number of aliphatic hydroxyl groups is 1. The SMILES string of the molecule is CC[C@@]1(O)C(=O)OCc2c1cc1n(c2=O)Cc2c-1nc1ccc(OC(=O)NCCCCCCC(=O)NO)cc1c2CCNC(C)C. The van der Waals surface area contributed by atoms with Gasteiger partial charge in [-0.1, -0.05) is 33.6 Å². The Balaban J connectivity index is 1.40. The average molecular weight is 636 g/mol. The fourth-order valence-electron chi connectivity index (χ4n) is 6.13. The fourth-order valence-corrected chi connectivity index (χ4v) is 6.13. The van der Waals surface area contributed by atoms with E-state index in [1.54, 1.807) is 41.2 Å². The van der Waals surface area contributed by atoms with Crippen molar-refractivity contribution in [3.63, 3.8) is 0 Å². The zero-order valence-electron chi connectivity index (χ0n) is 26.4. The van der Waals surface area contributed by atoms with E-state index in [-0.39, 0.29) is 48.7 Å². The van der Waals surface area contributed by atoms with Crippen molar-refractivity contribution in [1.82, 2.24) is 25.7 Å². The minimum Gasteiger partial charge on any atom is -0.458 e. The number of amides is 2. The number of benzene rings is 1. The normalized spacial score (nSPS) is 16.5. The minimum absolute atomic E-state index is 0.0632. The maximum Gasteiger partial charge on any atom is 0.412 e. The predicted molar refractivity (Wildman–Crippen MR) is 168 cm³/mol. The lowest BCUT2D eigenvalue weighted by atomic mass is 9.86. The van der Waals surface area contributed by atoms with Gasteiger partial charge in [0, 0.05) is 35.5 Å². The number of fused-ring (bicyclic) bond motifs is 5. The van der Waals surface area contributed by atoms with Crippen molar-refractivity contribution < 1.29 is 34.2 Å². The highest BCUT2D eigenvalue weighted by Crippen LogP contribution is 2.40. The molecule has 4 heterocycles. The van der Waals surface area contributed by atoms with Crippen molar-refractivity contribution in [2.45, 2.75) is 90.5 Å². The molecule has 0 fully saturated rings. The summed E-state index contributed by atoms with van der Waals surface area (Å²) in [5.41, 5.74) is 3.56. The number of pyridine rings is 2. The Labute approximate surface area is 266 Å². The third-order valence-corrected chi connectivity index (χ3v) is 8.64. The van der Waals surface area contributed by atoms with Gasteiger partial charge in [-0.15, -0.1) is 0 Å². The van der Waals surface area contributed by atoms with Crippen LogP contribution >= 0.6 is 0 Å². The van der Waals surface area contributed by atoms with Crippen LogP contribution in [-0.2, 0) is 39.5 Å². The first-order valence-corrected chi connectivity index (χ1v) is 15.8. The number of hydrogen-bond acceptors (Lipinski definition) is 10. The number of unbranched alkanes of at least 4 members (excludes halogenated alkanes) is 3. The summed E-state index contributed by atoms with van der Waals surface area (Å²) in [4.78, 5) is 54.8. The van der Waals surface area contributed by atoms with E-state index in [9.17, 15) is 24.3 Å². The number of rotatable bonds is 13. The van der Waals surface area contributed by atoms with Crippen molar-refractivity contribution in [2.75, 3.05) is 13.1 Å². The highest BCUT2D eigenvalue weighted by Gasteiger charge is 2.45.